The molecule has 2 N–H and O–H groups in total. The summed E-state index contributed by atoms with van der Waals surface area (Å²) >= 11 is 5.93. The molecule has 0 aliphatic rings. The molecule has 90 valence electrons. The Morgan fingerprint density at radius 1 is 1.44 bits per heavy atom. The van der Waals surface area contributed by atoms with Crippen molar-refractivity contribution < 1.29 is 0 Å². The van der Waals surface area contributed by atoms with Crippen LogP contribution in [-0.4, -0.2) is 14.5 Å². The summed E-state index contributed by atoms with van der Waals surface area (Å²) in [4.78, 5) is 19.2. The first kappa shape index (κ1) is 12.1. The Morgan fingerprint density at radius 3 is 2.78 bits per heavy atom. The zero-order chi connectivity index (χ0) is 13.3. The zero-order valence-corrected chi connectivity index (χ0v) is 10.1. The maximum atomic E-state index is 11.3. The Hall–Kier alpha value is -2.39. The Morgan fingerprint density at radius 2 is 2.17 bits per heavy atom. The van der Waals surface area contributed by atoms with E-state index in [4.69, 9.17) is 22.6 Å². The van der Waals surface area contributed by atoms with E-state index in [1.165, 1.54) is 10.6 Å². The van der Waals surface area contributed by atoms with E-state index in [2.05, 4.69) is 9.97 Å². The van der Waals surface area contributed by atoms with Gasteiger partial charge >= 0.3 is 0 Å². The van der Waals surface area contributed by atoms with Gasteiger partial charge in [-0.25, -0.2) is 9.97 Å². The van der Waals surface area contributed by atoms with Crippen LogP contribution in [0.1, 0.15) is 5.69 Å². The highest BCUT2D eigenvalue weighted by molar-refractivity contribution is 6.31. The lowest BCUT2D eigenvalue weighted by atomic mass is 10.2. The largest absolute Gasteiger partial charge is 0.381 e. The summed E-state index contributed by atoms with van der Waals surface area (Å²) in [5.41, 5.74) is 6.25. The summed E-state index contributed by atoms with van der Waals surface area (Å²) in [5, 5.41) is 8.94. The molecule has 7 heteroatoms. The van der Waals surface area contributed by atoms with Crippen LogP contribution in [-0.2, 0) is 7.05 Å². The van der Waals surface area contributed by atoms with Gasteiger partial charge in [0, 0.05) is 24.9 Å². The lowest BCUT2D eigenvalue weighted by molar-refractivity contribution is 0.861. The molecule has 2 aromatic rings. The van der Waals surface area contributed by atoms with Gasteiger partial charge in [-0.2, -0.15) is 5.26 Å². The fraction of sp³-hybridized carbons (Fsp3) is 0.0909. The van der Waals surface area contributed by atoms with E-state index in [0.29, 0.717) is 11.3 Å². The quantitative estimate of drug-likeness (QED) is 0.824. The third kappa shape index (κ3) is 2.04. The number of halogens is 1. The van der Waals surface area contributed by atoms with Gasteiger partial charge < -0.3 is 10.3 Å². The second-order valence-corrected chi connectivity index (χ2v) is 3.93. The van der Waals surface area contributed by atoms with E-state index in [1.807, 2.05) is 6.07 Å². The molecule has 0 aliphatic heterocycles. The van der Waals surface area contributed by atoms with Crippen LogP contribution >= 0.6 is 11.6 Å². The number of aromatic nitrogens is 3. The maximum absolute atomic E-state index is 11.3. The number of nitrogens with zero attached hydrogens (tertiary/aromatic N) is 4. The number of anilines is 1. The normalized spacial score (nSPS) is 10.1. The standard InChI is InChI=1S/C11H8ClN5O/c1-17-5-6(2-3-8(17)18)9-10(12)16-11(14)7(4-13)15-9/h2-3,5H,1H3,(H2,14,16). The molecule has 0 fully saturated rings. The molecule has 0 atom stereocenters. The molecule has 0 saturated heterocycles. The summed E-state index contributed by atoms with van der Waals surface area (Å²) in [7, 11) is 1.61. The van der Waals surface area contributed by atoms with Crippen molar-refractivity contribution in [3.05, 3.63) is 39.5 Å². The van der Waals surface area contributed by atoms with Crippen LogP contribution in [0.25, 0.3) is 11.3 Å². The average molecular weight is 262 g/mol. The number of aryl methyl sites for hydroxylation is 1. The van der Waals surface area contributed by atoms with Crippen LogP contribution in [0.2, 0.25) is 5.15 Å². The second-order valence-electron chi connectivity index (χ2n) is 3.58. The van der Waals surface area contributed by atoms with Crippen LogP contribution in [0.4, 0.5) is 5.82 Å². The lowest BCUT2D eigenvalue weighted by Gasteiger charge is -2.06. The highest BCUT2D eigenvalue weighted by Crippen LogP contribution is 2.25. The third-order valence-corrected chi connectivity index (χ3v) is 2.61. The van der Waals surface area contributed by atoms with Gasteiger partial charge in [0.05, 0.1) is 0 Å². The molecule has 0 aromatic carbocycles. The molecule has 0 unspecified atom stereocenters. The molecule has 0 radical (unpaired) electrons. The number of pyridine rings is 1. The monoisotopic (exact) mass is 261 g/mol. The van der Waals surface area contributed by atoms with Crippen LogP contribution in [0.15, 0.2) is 23.1 Å². The SMILES string of the molecule is Cn1cc(-c2nc(C#N)c(N)nc2Cl)ccc1=O. The van der Waals surface area contributed by atoms with Crippen molar-refractivity contribution in [2.24, 2.45) is 7.05 Å². The molecule has 18 heavy (non-hydrogen) atoms. The Balaban J connectivity index is 2.67. The van der Waals surface area contributed by atoms with Gasteiger partial charge in [-0.1, -0.05) is 11.6 Å². The first-order valence-corrected chi connectivity index (χ1v) is 5.31. The number of rotatable bonds is 1. The van der Waals surface area contributed by atoms with Crippen molar-refractivity contribution in [1.29, 1.82) is 5.26 Å². The molecule has 2 rings (SSSR count). The minimum Gasteiger partial charge on any atom is -0.381 e. The molecule has 6 nitrogen and oxygen atoms in total. The average Bonchev–Trinajstić information content (AvgIpc) is 2.33. The number of nitrogen functional groups attached to an aromatic ring is 1. The molecular weight excluding hydrogens is 254 g/mol. The van der Waals surface area contributed by atoms with E-state index < -0.39 is 0 Å². The summed E-state index contributed by atoms with van der Waals surface area (Å²) < 4.78 is 1.38. The van der Waals surface area contributed by atoms with Crippen LogP contribution in [0.3, 0.4) is 0 Å². The number of nitriles is 1. The predicted octanol–water partition coefficient (Wildman–Crippen LogP) is 0.950. The number of nitrogens with two attached hydrogens (primary N) is 1. The highest BCUT2D eigenvalue weighted by Gasteiger charge is 2.12. The maximum Gasteiger partial charge on any atom is 0.250 e. The van der Waals surface area contributed by atoms with Crippen molar-refractivity contribution in [3.63, 3.8) is 0 Å². The van der Waals surface area contributed by atoms with Gasteiger partial charge in [-0.15, -0.1) is 0 Å². The van der Waals surface area contributed by atoms with E-state index in [0.717, 1.165) is 0 Å². The molecule has 2 heterocycles. The minimum atomic E-state index is -0.154. The highest BCUT2D eigenvalue weighted by atomic mass is 35.5. The topological polar surface area (TPSA) is 97.6 Å². The van der Waals surface area contributed by atoms with Crippen LogP contribution < -0.4 is 11.3 Å². The number of hydrogen-bond donors (Lipinski definition) is 1. The second kappa shape index (κ2) is 4.47. The molecule has 0 saturated carbocycles. The van der Waals surface area contributed by atoms with Crippen molar-refractivity contribution in [1.82, 2.24) is 14.5 Å². The summed E-state index contributed by atoms with van der Waals surface area (Å²) in [6, 6.07) is 4.78. The van der Waals surface area contributed by atoms with Gasteiger partial charge in [0.25, 0.3) is 0 Å². The fourth-order valence-corrected chi connectivity index (χ4v) is 1.67. The zero-order valence-electron chi connectivity index (χ0n) is 9.38. The van der Waals surface area contributed by atoms with E-state index in [9.17, 15) is 4.79 Å². The van der Waals surface area contributed by atoms with Crippen LogP contribution in [0.5, 0.6) is 0 Å². The summed E-state index contributed by atoms with van der Waals surface area (Å²) in [6.07, 6.45) is 1.57. The first-order chi connectivity index (χ1) is 8.52. The van der Waals surface area contributed by atoms with E-state index in [1.54, 1.807) is 19.3 Å². The summed E-state index contributed by atoms with van der Waals surface area (Å²) in [6.45, 7) is 0. The molecule has 0 aliphatic carbocycles. The Labute approximate surface area is 107 Å². The molecular formula is C11H8ClN5O. The van der Waals surface area contributed by atoms with Gasteiger partial charge in [0.1, 0.15) is 11.8 Å². The fourth-order valence-electron chi connectivity index (χ4n) is 1.43. The van der Waals surface area contributed by atoms with Crippen molar-refractivity contribution in [3.8, 4) is 17.3 Å². The summed E-state index contributed by atoms with van der Waals surface area (Å²) in [5.74, 6) is -0.0175. The van der Waals surface area contributed by atoms with Crippen molar-refractivity contribution >= 4 is 17.4 Å². The van der Waals surface area contributed by atoms with Gasteiger partial charge in [-0.3, -0.25) is 4.79 Å². The van der Waals surface area contributed by atoms with E-state index >= 15 is 0 Å². The molecule has 0 spiro atoms. The smallest absolute Gasteiger partial charge is 0.250 e. The Bertz CT molecular complexity index is 716. The lowest BCUT2D eigenvalue weighted by Crippen LogP contribution is -2.14. The van der Waals surface area contributed by atoms with Crippen molar-refractivity contribution in [2.75, 3.05) is 5.73 Å². The van der Waals surface area contributed by atoms with Crippen LogP contribution in [0, 0.1) is 11.3 Å². The molecule has 2 aromatic heterocycles. The van der Waals surface area contributed by atoms with Gasteiger partial charge in [0.15, 0.2) is 16.7 Å². The number of hydrogen-bond acceptors (Lipinski definition) is 5. The molecule has 0 bridgehead atoms. The molecule has 0 amide bonds. The minimum absolute atomic E-state index is 0.00301. The van der Waals surface area contributed by atoms with Gasteiger partial charge in [0.2, 0.25) is 5.56 Å². The Kier molecular flexibility index (Phi) is 3.00. The predicted molar refractivity (Wildman–Crippen MR) is 66.8 cm³/mol. The first-order valence-electron chi connectivity index (χ1n) is 4.93. The van der Waals surface area contributed by atoms with Crippen molar-refractivity contribution in [2.45, 2.75) is 0 Å². The third-order valence-electron chi connectivity index (χ3n) is 2.35. The van der Waals surface area contributed by atoms with E-state index in [-0.39, 0.29) is 22.2 Å². The van der Waals surface area contributed by atoms with Gasteiger partial charge in [-0.05, 0) is 6.07 Å².